The van der Waals surface area contributed by atoms with Crippen LogP contribution in [0.2, 0.25) is 10.2 Å². The van der Waals surface area contributed by atoms with E-state index in [4.69, 9.17) is 27.7 Å². The van der Waals surface area contributed by atoms with Gasteiger partial charge in [0.15, 0.2) is 0 Å². The molecule has 0 fully saturated rings. The van der Waals surface area contributed by atoms with E-state index in [1.165, 1.54) is 0 Å². The van der Waals surface area contributed by atoms with E-state index in [0.29, 0.717) is 27.0 Å². The molecular formula is C11H11Cl2NO2P2. The summed E-state index contributed by atoms with van der Waals surface area (Å²) in [6.45, 7) is 1.83. The zero-order valence-electron chi connectivity index (χ0n) is 9.52. The third kappa shape index (κ3) is 2.87. The Bertz CT molecular complexity index is 593. The number of fused-ring (bicyclic) bond motifs is 1. The first-order chi connectivity index (χ1) is 8.52. The van der Waals surface area contributed by atoms with Crippen LogP contribution in [0.4, 0.5) is 0 Å². The SMILES string of the molecule is CP(P)Oc1cc(Cl)nc2c(Cl)c(CO)ccc12. The molecule has 0 radical (unpaired) electrons. The lowest BCUT2D eigenvalue weighted by atomic mass is 10.1. The summed E-state index contributed by atoms with van der Waals surface area (Å²) in [5.74, 6) is 0.653. The van der Waals surface area contributed by atoms with Crippen molar-refractivity contribution in [3.63, 3.8) is 0 Å². The van der Waals surface area contributed by atoms with E-state index in [0.717, 1.165) is 5.39 Å². The average Bonchev–Trinajstić information content (AvgIpc) is 2.29. The predicted octanol–water partition coefficient (Wildman–Crippen LogP) is 4.23. The van der Waals surface area contributed by atoms with Crippen molar-refractivity contribution in [3.05, 3.63) is 33.9 Å². The Morgan fingerprint density at radius 2 is 2.17 bits per heavy atom. The maximum absolute atomic E-state index is 9.19. The average molecular weight is 322 g/mol. The van der Waals surface area contributed by atoms with Gasteiger partial charge in [0.25, 0.3) is 0 Å². The number of halogens is 2. The maximum atomic E-state index is 9.19. The van der Waals surface area contributed by atoms with Crippen molar-refractivity contribution in [2.45, 2.75) is 6.61 Å². The normalized spacial score (nSPS) is 12.7. The van der Waals surface area contributed by atoms with Gasteiger partial charge in [-0.1, -0.05) is 38.2 Å². The summed E-state index contributed by atoms with van der Waals surface area (Å²) in [7, 11) is 1.96. The summed E-state index contributed by atoms with van der Waals surface area (Å²) in [6, 6.07) is 5.25. The van der Waals surface area contributed by atoms with E-state index in [2.05, 4.69) is 13.9 Å². The molecule has 1 N–H and O–H groups in total. The van der Waals surface area contributed by atoms with Crippen molar-refractivity contribution in [2.24, 2.45) is 0 Å². The predicted molar refractivity (Wildman–Crippen MR) is 80.9 cm³/mol. The molecule has 0 aliphatic heterocycles. The van der Waals surface area contributed by atoms with Crippen LogP contribution < -0.4 is 4.52 Å². The Morgan fingerprint density at radius 1 is 1.44 bits per heavy atom. The number of aliphatic hydroxyl groups excluding tert-OH is 1. The van der Waals surface area contributed by atoms with E-state index in [1.54, 1.807) is 12.1 Å². The summed E-state index contributed by atoms with van der Waals surface area (Å²) in [6.07, 6.45) is 0. The lowest BCUT2D eigenvalue weighted by Gasteiger charge is -2.13. The minimum atomic E-state index is -0.645. The van der Waals surface area contributed by atoms with Gasteiger partial charge < -0.3 is 9.63 Å². The van der Waals surface area contributed by atoms with Crippen LogP contribution in [0.1, 0.15) is 5.56 Å². The highest BCUT2D eigenvalue weighted by Crippen LogP contribution is 2.45. The van der Waals surface area contributed by atoms with Crippen LogP contribution in [0.15, 0.2) is 18.2 Å². The highest BCUT2D eigenvalue weighted by atomic mass is 35.5. The van der Waals surface area contributed by atoms with Crippen molar-refractivity contribution < 1.29 is 9.63 Å². The molecule has 1 aromatic heterocycles. The van der Waals surface area contributed by atoms with Crippen LogP contribution in [-0.4, -0.2) is 16.8 Å². The van der Waals surface area contributed by atoms with Crippen LogP contribution in [0.3, 0.4) is 0 Å². The van der Waals surface area contributed by atoms with Gasteiger partial charge in [0.2, 0.25) is 0 Å². The number of hydrogen-bond donors (Lipinski definition) is 1. The molecule has 0 bridgehead atoms. The van der Waals surface area contributed by atoms with Gasteiger partial charge >= 0.3 is 0 Å². The number of nitrogens with zero attached hydrogens (tertiary/aromatic N) is 1. The summed E-state index contributed by atoms with van der Waals surface area (Å²) < 4.78 is 5.72. The molecule has 0 aliphatic rings. The Balaban J connectivity index is 2.70. The fraction of sp³-hybridized carbons (Fsp3) is 0.182. The molecule has 0 amide bonds. The minimum absolute atomic E-state index is 0.136. The van der Waals surface area contributed by atoms with Gasteiger partial charge in [-0.3, -0.25) is 0 Å². The van der Waals surface area contributed by atoms with Crippen molar-refractivity contribution in [3.8, 4) is 5.75 Å². The van der Waals surface area contributed by atoms with Gasteiger partial charge in [0.1, 0.15) is 18.7 Å². The monoisotopic (exact) mass is 321 g/mol. The summed E-state index contributed by atoms with van der Waals surface area (Å²) in [4.78, 5) is 4.19. The first kappa shape index (κ1) is 14.2. The van der Waals surface area contributed by atoms with Crippen LogP contribution in [0.5, 0.6) is 5.75 Å². The Hall–Kier alpha value is -0.170. The molecule has 3 nitrogen and oxygen atoms in total. The first-order valence-electron chi connectivity index (χ1n) is 5.08. The van der Waals surface area contributed by atoms with Crippen LogP contribution >= 0.6 is 40.0 Å². The topological polar surface area (TPSA) is 42.4 Å². The van der Waals surface area contributed by atoms with Crippen molar-refractivity contribution >= 4 is 50.9 Å². The van der Waals surface area contributed by atoms with E-state index in [-0.39, 0.29) is 6.61 Å². The molecule has 0 spiro atoms. The largest absolute Gasteiger partial charge is 0.470 e. The van der Waals surface area contributed by atoms with E-state index in [9.17, 15) is 5.11 Å². The van der Waals surface area contributed by atoms with Gasteiger partial charge in [-0.15, -0.1) is 0 Å². The molecule has 1 heterocycles. The Kier molecular flexibility index (Phi) is 4.64. The van der Waals surface area contributed by atoms with Crippen molar-refractivity contribution in [1.82, 2.24) is 4.98 Å². The first-order valence-corrected chi connectivity index (χ1v) is 9.16. The zero-order valence-corrected chi connectivity index (χ0v) is 13.1. The number of hydrogen-bond acceptors (Lipinski definition) is 3. The fourth-order valence-electron chi connectivity index (χ4n) is 1.59. The lowest BCUT2D eigenvalue weighted by molar-refractivity contribution is 0.282. The number of aromatic nitrogens is 1. The van der Waals surface area contributed by atoms with Gasteiger partial charge in [-0.2, -0.15) is 0 Å². The third-order valence-corrected chi connectivity index (χ3v) is 3.76. The Morgan fingerprint density at radius 3 is 2.78 bits per heavy atom. The standard InChI is InChI=1S/C11H11Cl2NO2P2/c1-18(17)16-8-4-9(12)14-11-7(8)3-2-6(5-15)10(11)13/h2-4,15H,5,17H2,1H3. The van der Waals surface area contributed by atoms with Crippen LogP contribution in [0, 0.1) is 0 Å². The fourth-order valence-corrected chi connectivity index (χ4v) is 2.84. The second-order valence-electron chi connectivity index (χ2n) is 3.67. The number of benzene rings is 1. The molecule has 0 saturated heterocycles. The summed E-state index contributed by atoms with van der Waals surface area (Å²) in [5.41, 5.74) is 1.17. The smallest absolute Gasteiger partial charge is 0.136 e. The third-order valence-electron chi connectivity index (χ3n) is 2.34. The summed E-state index contributed by atoms with van der Waals surface area (Å²) >= 11 is 12.1. The zero-order chi connectivity index (χ0) is 13.3. The number of rotatable bonds is 3. The van der Waals surface area contributed by atoms with Gasteiger partial charge in [0.05, 0.1) is 17.1 Å². The molecule has 0 aliphatic carbocycles. The minimum Gasteiger partial charge on any atom is -0.470 e. The van der Waals surface area contributed by atoms with Gasteiger partial charge in [-0.25, -0.2) is 4.98 Å². The van der Waals surface area contributed by atoms with Gasteiger partial charge in [-0.05, 0) is 18.3 Å². The maximum Gasteiger partial charge on any atom is 0.136 e. The van der Waals surface area contributed by atoms with Crippen molar-refractivity contribution in [1.29, 1.82) is 0 Å². The molecule has 18 heavy (non-hydrogen) atoms. The van der Waals surface area contributed by atoms with Gasteiger partial charge in [0, 0.05) is 11.5 Å². The molecule has 7 heteroatoms. The molecule has 2 rings (SSSR count). The lowest BCUT2D eigenvalue weighted by Crippen LogP contribution is -1.92. The van der Waals surface area contributed by atoms with Crippen LogP contribution in [0.25, 0.3) is 10.9 Å². The molecule has 2 aromatic rings. The van der Waals surface area contributed by atoms with E-state index < -0.39 is 7.84 Å². The molecule has 2 unspecified atom stereocenters. The number of pyridine rings is 1. The second kappa shape index (κ2) is 5.86. The quantitative estimate of drug-likeness (QED) is 0.679. The summed E-state index contributed by atoms with van der Waals surface area (Å²) in [5, 5.41) is 10.7. The molecular weight excluding hydrogens is 311 g/mol. The highest BCUT2D eigenvalue weighted by molar-refractivity contribution is 8.10. The Labute approximate surface area is 118 Å². The highest BCUT2D eigenvalue weighted by Gasteiger charge is 2.13. The molecule has 1 aromatic carbocycles. The van der Waals surface area contributed by atoms with Crippen LogP contribution in [-0.2, 0) is 6.61 Å². The molecule has 0 saturated carbocycles. The van der Waals surface area contributed by atoms with E-state index in [1.807, 2.05) is 12.7 Å². The second-order valence-corrected chi connectivity index (χ2v) is 7.90. The number of aliphatic hydroxyl groups is 1. The molecule has 96 valence electrons. The van der Waals surface area contributed by atoms with E-state index >= 15 is 0 Å². The van der Waals surface area contributed by atoms with Crippen molar-refractivity contribution in [2.75, 3.05) is 6.66 Å². The molecule has 2 atom stereocenters.